The summed E-state index contributed by atoms with van der Waals surface area (Å²) in [6.45, 7) is 3.54. The summed E-state index contributed by atoms with van der Waals surface area (Å²) in [5, 5.41) is 2.54. The molecule has 0 aliphatic carbocycles. The second kappa shape index (κ2) is 11.7. The Morgan fingerprint density at radius 2 is 1.97 bits per heavy atom. The van der Waals surface area contributed by atoms with E-state index in [1.54, 1.807) is 42.7 Å². The number of nitrogens with zero attached hydrogens (tertiary/aromatic N) is 2. The van der Waals surface area contributed by atoms with Crippen molar-refractivity contribution in [1.82, 2.24) is 9.80 Å². The molecule has 0 bridgehead atoms. The van der Waals surface area contributed by atoms with Crippen molar-refractivity contribution in [2.75, 3.05) is 40.0 Å². The highest BCUT2D eigenvalue weighted by atomic mass is 35.5. The molecule has 0 radical (unpaired) electrons. The van der Waals surface area contributed by atoms with Gasteiger partial charge in [-0.25, -0.2) is 0 Å². The third-order valence-corrected chi connectivity index (χ3v) is 7.33. The number of ether oxygens (including phenoxy) is 2. The zero-order valence-corrected chi connectivity index (χ0v) is 21.5. The molecule has 0 fully saturated rings. The predicted octanol–water partition coefficient (Wildman–Crippen LogP) is 5.00. The summed E-state index contributed by atoms with van der Waals surface area (Å²) in [5.41, 5.74) is 2.72. The average Bonchev–Trinajstić information content (AvgIpc) is 3.34. The molecule has 1 aromatic heterocycles. The van der Waals surface area contributed by atoms with Gasteiger partial charge >= 0.3 is 0 Å². The van der Waals surface area contributed by atoms with Crippen LogP contribution in [-0.2, 0) is 16.0 Å². The van der Waals surface area contributed by atoms with Crippen molar-refractivity contribution in [1.29, 1.82) is 0 Å². The summed E-state index contributed by atoms with van der Waals surface area (Å²) in [4.78, 5) is 31.4. The molecule has 0 unspecified atom stereocenters. The fraction of sp³-hybridized carbons (Fsp3) is 0.333. The Kier molecular flexibility index (Phi) is 8.44. The summed E-state index contributed by atoms with van der Waals surface area (Å²) in [5.74, 6) is 0.396. The van der Waals surface area contributed by atoms with Crippen LogP contribution in [0.4, 0.5) is 0 Å². The van der Waals surface area contributed by atoms with E-state index in [0.29, 0.717) is 36.9 Å². The summed E-state index contributed by atoms with van der Waals surface area (Å²) < 4.78 is 11.3. The zero-order chi connectivity index (χ0) is 24.8. The summed E-state index contributed by atoms with van der Waals surface area (Å²) >= 11 is 7.80. The van der Waals surface area contributed by atoms with Crippen LogP contribution in [0.25, 0.3) is 0 Å². The van der Waals surface area contributed by atoms with Crippen molar-refractivity contribution in [2.24, 2.45) is 0 Å². The monoisotopic (exact) mass is 512 g/mol. The molecule has 1 aliphatic rings. The quantitative estimate of drug-likeness (QED) is 0.404. The van der Waals surface area contributed by atoms with Gasteiger partial charge in [0.15, 0.2) is 0 Å². The number of benzene rings is 2. The van der Waals surface area contributed by atoms with Gasteiger partial charge < -0.3 is 19.3 Å². The van der Waals surface area contributed by atoms with E-state index in [1.165, 1.54) is 9.78 Å². The van der Waals surface area contributed by atoms with Gasteiger partial charge in [0.05, 0.1) is 12.6 Å². The van der Waals surface area contributed by atoms with Crippen LogP contribution in [0, 0.1) is 6.92 Å². The molecule has 6 nitrogen and oxygen atoms in total. The molecule has 2 aromatic carbocycles. The first-order chi connectivity index (χ1) is 17.0. The highest BCUT2D eigenvalue weighted by Crippen LogP contribution is 2.34. The molecule has 0 saturated heterocycles. The second-order valence-corrected chi connectivity index (χ2v) is 9.94. The molecule has 3 aromatic rings. The van der Waals surface area contributed by atoms with Crippen molar-refractivity contribution in [3.8, 4) is 5.75 Å². The van der Waals surface area contributed by atoms with Crippen molar-refractivity contribution >= 4 is 34.8 Å². The normalized spacial score (nSPS) is 14.9. The topological polar surface area (TPSA) is 59.1 Å². The Balaban J connectivity index is 1.52. The molecular formula is C27H29ClN2O4S. The van der Waals surface area contributed by atoms with Gasteiger partial charge in [0, 0.05) is 35.7 Å². The number of thiophene rings is 1. The number of methoxy groups -OCH3 is 1. The van der Waals surface area contributed by atoms with Gasteiger partial charge in [-0.05, 0) is 60.7 Å². The number of aryl methyl sites for hydroxylation is 1. The largest absolute Gasteiger partial charge is 0.491 e. The summed E-state index contributed by atoms with van der Waals surface area (Å²) in [7, 11) is 1.57. The molecule has 1 aliphatic heterocycles. The highest BCUT2D eigenvalue weighted by Gasteiger charge is 2.33. The van der Waals surface area contributed by atoms with Crippen LogP contribution in [0.5, 0.6) is 5.75 Å². The SMILES string of the molecule is COCCN(CC(=O)N1CCc2sccc2[C@@H]1COc1ccc(C)cc1)C(=O)c1cccc(Cl)c1. The van der Waals surface area contributed by atoms with Gasteiger partial charge in [0.2, 0.25) is 5.91 Å². The number of halogens is 1. The van der Waals surface area contributed by atoms with Gasteiger partial charge in [-0.2, -0.15) is 0 Å². The number of fused-ring (bicyclic) bond motifs is 1. The third kappa shape index (κ3) is 6.23. The van der Waals surface area contributed by atoms with E-state index in [-0.39, 0.29) is 24.4 Å². The van der Waals surface area contributed by atoms with Crippen LogP contribution in [0.1, 0.15) is 32.4 Å². The van der Waals surface area contributed by atoms with Crippen LogP contribution in [0.15, 0.2) is 60.0 Å². The Hall–Kier alpha value is -2.87. The Morgan fingerprint density at radius 1 is 1.17 bits per heavy atom. The van der Waals surface area contributed by atoms with Crippen LogP contribution in [0.3, 0.4) is 0 Å². The molecular weight excluding hydrogens is 484 g/mol. The Morgan fingerprint density at radius 3 is 2.71 bits per heavy atom. The first kappa shape index (κ1) is 25.2. The summed E-state index contributed by atoms with van der Waals surface area (Å²) in [6, 6.07) is 16.5. The first-order valence-electron chi connectivity index (χ1n) is 11.5. The smallest absolute Gasteiger partial charge is 0.254 e. The second-order valence-electron chi connectivity index (χ2n) is 8.51. The summed E-state index contributed by atoms with van der Waals surface area (Å²) in [6.07, 6.45) is 0.792. The van der Waals surface area contributed by atoms with Crippen LogP contribution in [0.2, 0.25) is 5.02 Å². The fourth-order valence-corrected chi connectivity index (χ4v) is 5.31. The maximum atomic E-state index is 13.6. The molecule has 1 atom stereocenters. The number of amides is 2. The van der Waals surface area contributed by atoms with Crippen molar-refractivity contribution in [3.63, 3.8) is 0 Å². The standard InChI is InChI=1S/C27H29ClN2O4S/c1-19-6-8-22(9-7-19)34-18-24-23-11-15-35-25(23)10-12-30(24)26(31)17-29(13-14-33-2)27(32)20-4-3-5-21(28)16-20/h3-9,11,15-16,24H,10,12-14,17-18H2,1-2H3/t24-/m0/s1. The zero-order valence-electron chi connectivity index (χ0n) is 19.9. The van der Waals surface area contributed by atoms with E-state index in [2.05, 4.69) is 11.4 Å². The van der Waals surface area contributed by atoms with Crippen LogP contribution < -0.4 is 4.74 Å². The molecule has 4 rings (SSSR count). The molecule has 2 heterocycles. The van der Waals surface area contributed by atoms with E-state index in [4.69, 9.17) is 21.1 Å². The maximum Gasteiger partial charge on any atom is 0.254 e. The first-order valence-corrected chi connectivity index (χ1v) is 12.8. The van der Waals surface area contributed by atoms with Crippen LogP contribution >= 0.6 is 22.9 Å². The highest BCUT2D eigenvalue weighted by molar-refractivity contribution is 7.10. The van der Waals surface area contributed by atoms with Gasteiger partial charge in [0.1, 0.15) is 18.9 Å². The lowest BCUT2D eigenvalue weighted by atomic mass is 10.0. The van der Waals surface area contributed by atoms with Gasteiger partial charge in [-0.15, -0.1) is 11.3 Å². The van der Waals surface area contributed by atoms with Gasteiger partial charge in [-0.3, -0.25) is 9.59 Å². The van der Waals surface area contributed by atoms with Crippen LogP contribution in [-0.4, -0.2) is 61.6 Å². The Bertz CT molecular complexity index is 1160. The fourth-order valence-electron chi connectivity index (χ4n) is 4.20. The molecule has 2 amide bonds. The maximum absolute atomic E-state index is 13.6. The van der Waals surface area contributed by atoms with Gasteiger partial charge in [0.25, 0.3) is 5.91 Å². The minimum atomic E-state index is -0.251. The van der Waals surface area contributed by atoms with E-state index >= 15 is 0 Å². The van der Waals surface area contributed by atoms with Crippen molar-refractivity contribution in [2.45, 2.75) is 19.4 Å². The van der Waals surface area contributed by atoms with Crippen molar-refractivity contribution in [3.05, 3.63) is 86.6 Å². The number of hydrogen-bond acceptors (Lipinski definition) is 5. The van der Waals surface area contributed by atoms with E-state index in [1.807, 2.05) is 36.1 Å². The molecule has 184 valence electrons. The lowest BCUT2D eigenvalue weighted by Crippen LogP contribution is -2.48. The number of carbonyl (C=O) groups excluding carboxylic acids is 2. The number of rotatable bonds is 9. The van der Waals surface area contributed by atoms with E-state index < -0.39 is 0 Å². The lowest BCUT2D eigenvalue weighted by molar-refractivity contribution is -0.135. The predicted molar refractivity (Wildman–Crippen MR) is 138 cm³/mol. The Labute approximate surface area is 215 Å². The average molecular weight is 513 g/mol. The van der Waals surface area contributed by atoms with Crippen molar-refractivity contribution < 1.29 is 19.1 Å². The number of hydrogen-bond donors (Lipinski definition) is 0. The minimum Gasteiger partial charge on any atom is -0.491 e. The minimum absolute atomic E-state index is 0.0464. The van der Waals surface area contributed by atoms with E-state index in [9.17, 15) is 9.59 Å². The molecule has 0 saturated carbocycles. The third-order valence-electron chi connectivity index (χ3n) is 6.09. The van der Waals surface area contributed by atoms with Gasteiger partial charge in [-0.1, -0.05) is 35.4 Å². The van der Waals surface area contributed by atoms with E-state index in [0.717, 1.165) is 23.3 Å². The number of carbonyl (C=O) groups is 2. The molecule has 35 heavy (non-hydrogen) atoms. The lowest BCUT2D eigenvalue weighted by Gasteiger charge is -2.37. The molecule has 0 N–H and O–H groups in total. The molecule has 0 spiro atoms. The molecule has 8 heteroatoms.